The molecule has 7 nitrogen and oxygen atoms in total. The quantitative estimate of drug-likeness (QED) is 0.890. The van der Waals surface area contributed by atoms with Gasteiger partial charge in [-0.25, -0.2) is 5.01 Å². The van der Waals surface area contributed by atoms with Gasteiger partial charge in [0.25, 0.3) is 5.91 Å². The van der Waals surface area contributed by atoms with Crippen LogP contribution in [0.1, 0.15) is 25.3 Å². The number of aryl methyl sites for hydroxylation is 1. The van der Waals surface area contributed by atoms with E-state index in [2.05, 4.69) is 39.3 Å². The average Bonchev–Trinajstić information content (AvgIpc) is 2.65. The number of piperazine rings is 1. The Labute approximate surface area is 154 Å². The molecule has 26 heavy (non-hydrogen) atoms. The summed E-state index contributed by atoms with van der Waals surface area (Å²) in [6.45, 7) is 9.51. The topological polar surface area (TPSA) is 68.2 Å². The maximum Gasteiger partial charge on any atom is 0.271 e. The van der Waals surface area contributed by atoms with E-state index >= 15 is 0 Å². The van der Waals surface area contributed by atoms with Crippen LogP contribution in [0.25, 0.3) is 0 Å². The minimum atomic E-state index is -0.239. The first-order valence-electron chi connectivity index (χ1n) is 9.21. The highest BCUT2D eigenvalue weighted by Gasteiger charge is 2.22. The zero-order valence-corrected chi connectivity index (χ0v) is 15.8. The van der Waals surface area contributed by atoms with Gasteiger partial charge in [-0.05, 0) is 37.2 Å². The summed E-state index contributed by atoms with van der Waals surface area (Å²) in [5.74, 6) is -0.304. The van der Waals surface area contributed by atoms with Gasteiger partial charge in [0.2, 0.25) is 5.91 Å². The van der Waals surface area contributed by atoms with Crippen molar-refractivity contribution in [1.29, 1.82) is 0 Å². The standard InChI is InChI=1S/C19H27N5O2/c1-4-23-9-11-24(12-10-23)15-5-6-16(14(2)13-15)20-19(26)17-7-8-18(25)22(3)21-17/h5-6,13H,4,7-12H2,1-3H3,(H,20,26). The van der Waals surface area contributed by atoms with Crippen LogP contribution in [0.4, 0.5) is 11.4 Å². The Morgan fingerprint density at radius 3 is 2.54 bits per heavy atom. The van der Waals surface area contributed by atoms with Gasteiger partial charge in [-0.1, -0.05) is 6.92 Å². The van der Waals surface area contributed by atoms with Crippen molar-refractivity contribution in [3.05, 3.63) is 23.8 Å². The van der Waals surface area contributed by atoms with Crippen molar-refractivity contribution in [3.8, 4) is 0 Å². The second kappa shape index (κ2) is 7.86. The molecule has 1 N–H and O–H groups in total. The van der Waals surface area contributed by atoms with E-state index in [-0.39, 0.29) is 11.8 Å². The second-order valence-electron chi connectivity index (χ2n) is 6.84. The summed E-state index contributed by atoms with van der Waals surface area (Å²) in [6.07, 6.45) is 0.707. The first-order valence-corrected chi connectivity index (χ1v) is 9.21. The molecule has 0 spiro atoms. The van der Waals surface area contributed by atoms with E-state index in [0.29, 0.717) is 18.6 Å². The van der Waals surface area contributed by atoms with E-state index in [1.54, 1.807) is 7.05 Å². The van der Waals surface area contributed by atoms with Crippen LogP contribution in [-0.2, 0) is 9.59 Å². The molecule has 2 heterocycles. The molecule has 2 aliphatic rings. The number of nitrogens with one attached hydrogen (secondary N) is 1. The lowest BCUT2D eigenvalue weighted by atomic mass is 10.1. The molecule has 0 saturated carbocycles. The fourth-order valence-electron chi connectivity index (χ4n) is 3.33. The van der Waals surface area contributed by atoms with Gasteiger partial charge in [0.05, 0.1) is 0 Å². The van der Waals surface area contributed by atoms with Crippen molar-refractivity contribution < 1.29 is 9.59 Å². The summed E-state index contributed by atoms with van der Waals surface area (Å²) >= 11 is 0. The Morgan fingerprint density at radius 2 is 1.92 bits per heavy atom. The van der Waals surface area contributed by atoms with E-state index in [0.717, 1.165) is 44.0 Å². The maximum absolute atomic E-state index is 12.4. The maximum atomic E-state index is 12.4. The highest BCUT2D eigenvalue weighted by molar-refractivity contribution is 6.43. The number of hydrogen-bond acceptors (Lipinski definition) is 5. The minimum absolute atomic E-state index is 0.0646. The molecule has 7 heteroatoms. The monoisotopic (exact) mass is 357 g/mol. The molecular formula is C19H27N5O2. The number of carbonyl (C=O) groups is 2. The van der Waals surface area contributed by atoms with Crippen LogP contribution in [-0.4, -0.2) is 67.2 Å². The molecule has 0 bridgehead atoms. The van der Waals surface area contributed by atoms with Gasteiger partial charge < -0.3 is 15.1 Å². The van der Waals surface area contributed by atoms with Gasteiger partial charge in [0.15, 0.2) is 0 Å². The number of amides is 2. The predicted octanol–water partition coefficient (Wildman–Crippen LogP) is 1.68. The van der Waals surface area contributed by atoms with Gasteiger partial charge in [-0.3, -0.25) is 9.59 Å². The average molecular weight is 357 g/mol. The molecule has 1 fully saturated rings. The molecule has 0 aliphatic carbocycles. The zero-order chi connectivity index (χ0) is 18.7. The highest BCUT2D eigenvalue weighted by Crippen LogP contribution is 2.24. The fourth-order valence-corrected chi connectivity index (χ4v) is 3.33. The van der Waals surface area contributed by atoms with E-state index in [4.69, 9.17) is 0 Å². The third-order valence-corrected chi connectivity index (χ3v) is 5.11. The fraction of sp³-hybridized carbons (Fsp3) is 0.526. The Hall–Kier alpha value is -2.41. The molecule has 2 aliphatic heterocycles. The third kappa shape index (κ3) is 4.04. The number of benzene rings is 1. The molecule has 0 radical (unpaired) electrons. The van der Waals surface area contributed by atoms with Crippen molar-refractivity contribution in [2.75, 3.05) is 50.0 Å². The predicted molar refractivity (Wildman–Crippen MR) is 104 cm³/mol. The van der Waals surface area contributed by atoms with E-state index < -0.39 is 0 Å². The van der Waals surface area contributed by atoms with Gasteiger partial charge in [-0.2, -0.15) is 5.10 Å². The summed E-state index contributed by atoms with van der Waals surface area (Å²) in [6, 6.07) is 6.13. The number of nitrogens with zero attached hydrogens (tertiary/aromatic N) is 4. The molecule has 0 unspecified atom stereocenters. The smallest absolute Gasteiger partial charge is 0.271 e. The summed E-state index contributed by atoms with van der Waals surface area (Å²) in [7, 11) is 1.58. The van der Waals surface area contributed by atoms with Gasteiger partial charge >= 0.3 is 0 Å². The summed E-state index contributed by atoms with van der Waals surface area (Å²) in [5.41, 5.74) is 3.39. The molecule has 1 aromatic rings. The second-order valence-corrected chi connectivity index (χ2v) is 6.84. The zero-order valence-electron chi connectivity index (χ0n) is 15.8. The summed E-state index contributed by atoms with van der Waals surface area (Å²) in [5, 5.41) is 8.24. The number of anilines is 2. The molecule has 2 amide bonds. The number of likely N-dealkylation sites (N-methyl/N-ethyl adjacent to an activating group) is 1. The van der Waals surface area contributed by atoms with Crippen LogP contribution in [0.2, 0.25) is 0 Å². The first-order chi connectivity index (χ1) is 12.5. The van der Waals surface area contributed by atoms with Gasteiger partial charge in [0.1, 0.15) is 5.71 Å². The molecule has 140 valence electrons. The summed E-state index contributed by atoms with van der Waals surface area (Å²) in [4.78, 5) is 28.7. The van der Waals surface area contributed by atoms with Crippen LogP contribution in [0, 0.1) is 6.92 Å². The van der Waals surface area contributed by atoms with Gasteiger partial charge in [-0.15, -0.1) is 0 Å². The lowest BCUT2D eigenvalue weighted by molar-refractivity contribution is -0.130. The van der Waals surface area contributed by atoms with Crippen molar-refractivity contribution >= 4 is 28.9 Å². The molecule has 1 aromatic carbocycles. The van der Waals surface area contributed by atoms with Gasteiger partial charge in [0, 0.05) is 57.4 Å². The Morgan fingerprint density at radius 1 is 1.19 bits per heavy atom. The first kappa shape index (κ1) is 18.4. The Kier molecular flexibility index (Phi) is 5.56. The third-order valence-electron chi connectivity index (χ3n) is 5.11. The molecular weight excluding hydrogens is 330 g/mol. The number of rotatable bonds is 4. The lowest BCUT2D eigenvalue weighted by Gasteiger charge is -2.35. The Balaban J connectivity index is 1.66. The molecule has 0 atom stereocenters. The molecule has 1 saturated heterocycles. The Bertz CT molecular complexity index is 723. The lowest BCUT2D eigenvalue weighted by Crippen LogP contribution is -2.46. The number of carbonyl (C=O) groups excluding carboxylic acids is 2. The van der Waals surface area contributed by atoms with Crippen molar-refractivity contribution in [2.45, 2.75) is 26.7 Å². The van der Waals surface area contributed by atoms with Crippen molar-refractivity contribution in [2.24, 2.45) is 5.10 Å². The minimum Gasteiger partial charge on any atom is -0.369 e. The summed E-state index contributed by atoms with van der Waals surface area (Å²) < 4.78 is 0. The molecule has 0 aromatic heterocycles. The number of hydrazone groups is 1. The highest BCUT2D eigenvalue weighted by atomic mass is 16.2. The van der Waals surface area contributed by atoms with E-state index in [1.165, 1.54) is 10.7 Å². The largest absolute Gasteiger partial charge is 0.369 e. The van der Waals surface area contributed by atoms with Crippen molar-refractivity contribution in [1.82, 2.24) is 9.91 Å². The molecule has 3 rings (SSSR count). The van der Waals surface area contributed by atoms with Crippen LogP contribution in [0.3, 0.4) is 0 Å². The normalized spacial score (nSPS) is 18.7. The van der Waals surface area contributed by atoms with E-state index in [9.17, 15) is 9.59 Å². The van der Waals surface area contributed by atoms with Crippen LogP contribution in [0.15, 0.2) is 23.3 Å². The number of hydrogen-bond donors (Lipinski definition) is 1. The van der Waals surface area contributed by atoms with Crippen LogP contribution in [0.5, 0.6) is 0 Å². The van der Waals surface area contributed by atoms with Crippen molar-refractivity contribution in [3.63, 3.8) is 0 Å². The van der Waals surface area contributed by atoms with E-state index in [1.807, 2.05) is 13.0 Å². The van der Waals surface area contributed by atoms with Crippen LogP contribution >= 0.6 is 0 Å². The van der Waals surface area contributed by atoms with Crippen LogP contribution < -0.4 is 10.2 Å². The SMILES string of the molecule is CCN1CCN(c2ccc(NC(=O)C3=NN(C)C(=O)CC3)c(C)c2)CC1.